The van der Waals surface area contributed by atoms with Gasteiger partial charge in [-0.3, -0.25) is 0 Å². The minimum absolute atomic E-state index is 0.149. The SMILES string of the molecule is CC1=C(C)C(C)(C)N(O)C1. The third-order valence-electron chi connectivity index (χ3n) is 2.59. The lowest BCUT2D eigenvalue weighted by atomic mass is 9.96. The third-order valence-corrected chi connectivity index (χ3v) is 2.59. The summed E-state index contributed by atoms with van der Waals surface area (Å²) in [4.78, 5) is 0. The first-order valence-corrected chi connectivity index (χ1v) is 3.59. The van der Waals surface area contributed by atoms with Crippen molar-refractivity contribution >= 4 is 0 Å². The number of hydrogen-bond donors (Lipinski definition) is 1. The Morgan fingerprint density at radius 2 is 1.90 bits per heavy atom. The van der Waals surface area contributed by atoms with Gasteiger partial charge in [0.15, 0.2) is 0 Å². The van der Waals surface area contributed by atoms with E-state index in [9.17, 15) is 5.21 Å². The minimum Gasteiger partial charge on any atom is -0.313 e. The first kappa shape index (κ1) is 7.76. The van der Waals surface area contributed by atoms with E-state index < -0.39 is 0 Å². The molecule has 0 saturated carbocycles. The highest BCUT2D eigenvalue weighted by atomic mass is 16.5. The van der Waals surface area contributed by atoms with Crippen molar-refractivity contribution in [1.29, 1.82) is 0 Å². The van der Waals surface area contributed by atoms with Gasteiger partial charge in [0.1, 0.15) is 0 Å². The van der Waals surface area contributed by atoms with Crippen LogP contribution in [-0.4, -0.2) is 22.4 Å². The summed E-state index contributed by atoms with van der Waals surface area (Å²) < 4.78 is 0. The molecule has 0 saturated heterocycles. The first-order chi connectivity index (χ1) is 4.46. The molecule has 0 atom stereocenters. The van der Waals surface area contributed by atoms with Crippen molar-refractivity contribution in [2.24, 2.45) is 0 Å². The van der Waals surface area contributed by atoms with Crippen molar-refractivity contribution in [2.75, 3.05) is 6.54 Å². The summed E-state index contributed by atoms with van der Waals surface area (Å²) >= 11 is 0. The summed E-state index contributed by atoms with van der Waals surface area (Å²) in [6.07, 6.45) is 0. The fourth-order valence-corrected chi connectivity index (χ4v) is 1.26. The summed E-state index contributed by atoms with van der Waals surface area (Å²) in [5, 5.41) is 10.8. The Morgan fingerprint density at radius 3 is 2.00 bits per heavy atom. The van der Waals surface area contributed by atoms with Crippen molar-refractivity contribution in [3.8, 4) is 0 Å². The van der Waals surface area contributed by atoms with Gasteiger partial charge in [-0.25, -0.2) is 0 Å². The summed E-state index contributed by atoms with van der Waals surface area (Å²) in [6, 6.07) is 0. The van der Waals surface area contributed by atoms with Crippen LogP contribution in [0, 0.1) is 0 Å². The largest absolute Gasteiger partial charge is 0.313 e. The molecule has 0 fully saturated rings. The van der Waals surface area contributed by atoms with Crippen molar-refractivity contribution < 1.29 is 5.21 Å². The van der Waals surface area contributed by atoms with Gasteiger partial charge >= 0.3 is 0 Å². The topological polar surface area (TPSA) is 23.5 Å². The molecule has 0 aromatic carbocycles. The number of rotatable bonds is 0. The second kappa shape index (κ2) is 2.07. The van der Waals surface area contributed by atoms with Crippen LogP contribution in [0.4, 0.5) is 0 Å². The molecule has 1 heterocycles. The minimum atomic E-state index is -0.149. The molecule has 2 heteroatoms. The van der Waals surface area contributed by atoms with Crippen molar-refractivity contribution in [3.63, 3.8) is 0 Å². The molecular formula is C8H15NO. The second-order valence-electron chi connectivity index (χ2n) is 3.52. The van der Waals surface area contributed by atoms with Crippen molar-refractivity contribution in [1.82, 2.24) is 5.06 Å². The van der Waals surface area contributed by atoms with Crippen LogP contribution in [0.5, 0.6) is 0 Å². The van der Waals surface area contributed by atoms with Crippen LogP contribution in [0.1, 0.15) is 27.7 Å². The molecule has 1 N–H and O–H groups in total. The van der Waals surface area contributed by atoms with Crippen molar-refractivity contribution in [2.45, 2.75) is 33.2 Å². The van der Waals surface area contributed by atoms with Crippen LogP contribution >= 0.6 is 0 Å². The Balaban J connectivity index is 2.94. The monoisotopic (exact) mass is 141 g/mol. The lowest BCUT2D eigenvalue weighted by Crippen LogP contribution is -2.37. The standard InChI is InChI=1S/C8H15NO/c1-6-5-9(10)8(3,4)7(6)2/h10H,5H2,1-4H3. The molecule has 1 aliphatic heterocycles. The molecule has 0 radical (unpaired) electrons. The van der Waals surface area contributed by atoms with Crippen LogP contribution < -0.4 is 0 Å². The van der Waals surface area contributed by atoms with Crippen molar-refractivity contribution in [3.05, 3.63) is 11.1 Å². The van der Waals surface area contributed by atoms with E-state index in [0.29, 0.717) is 6.54 Å². The number of hydroxylamine groups is 2. The second-order valence-corrected chi connectivity index (χ2v) is 3.52. The van der Waals surface area contributed by atoms with Crippen LogP contribution in [0.15, 0.2) is 11.1 Å². The average Bonchev–Trinajstić information content (AvgIpc) is 1.97. The molecule has 1 aliphatic rings. The van der Waals surface area contributed by atoms with Crippen LogP contribution in [0.25, 0.3) is 0 Å². The van der Waals surface area contributed by atoms with Gasteiger partial charge in [0.25, 0.3) is 0 Å². The van der Waals surface area contributed by atoms with Crippen LogP contribution in [-0.2, 0) is 0 Å². The summed E-state index contributed by atoms with van der Waals surface area (Å²) in [5.74, 6) is 0. The van der Waals surface area contributed by atoms with E-state index in [0.717, 1.165) is 0 Å². The fraction of sp³-hybridized carbons (Fsp3) is 0.750. The van der Waals surface area contributed by atoms with E-state index in [4.69, 9.17) is 0 Å². The molecule has 10 heavy (non-hydrogen) atoms. The Morgan fingerprint density at radius 1 is 1.40 bits per heavy atom. The highest BCUT2D eigenvalue weighted by molar-refractivity contribution is 5.27. The molecule has 0 amide bonds. The van der Waals surface area contributed by atoms with Gasteiger partial charge in [-0.1, -0.05) is 11.1 Å². The highest BCUT2D eigenvalue weighted by Gasteiger charge is 2.34. The Bertz CT molecular complexity index is 182. The number of nitrogens with zero attached hydrogens (tertiary/aromatic N) is 1. The first-order valence-electron chi connectivity index (χ1n) is 3.59. The zero-order valence-electron chi connectivity index (χ0n) is 7.10. The third kappa shape index (κ3) is 0.879. The van der Waals surface area contributed by atoms with E-state index >= 15 is 0 Å². The zero-order valence-corrected chi connectivity index (χ0v) is 7.10. The number of hydrogen-bond acceptors (Lipinski definition) is 2. The summed E-state index contributed by atoms with van der Waals surface area (Å²) in [5.41, 5.74) is 2.42. The molecule has 0 aromatic heterocycles. The van der Waals surface area contributed by atoms with E-state index in [1.807, 2.05) is 13.8 Å². The molecule has 1 rings (SSSR count). The van der Waals surface area contributed by atoms with Crippen LogP contribution in [0.2, 0.25) is 0 Å². The van der Waals surface area contributed by atoms with Gasteiger partial charge in [0.2, 0.25) is 0 Å². The summed E-state index contributed by atoms with van der Waals surface area (Å²) in [7, 11) is 0. The predicted octanol–water partition coefficient (Wildman–Crippen LogP) is 1.81. The summed E-state index contributed by atoms with van der Waals surface area (Å²) in [6.45, 7) is 8.88. The maximum Gasteiger partial charge on any atom is 0.0616 e. The Kier molecular flexibility index (Phi) is 1.61. The normalized spacial score (nSPS) is 26.1. The van der Waals surface area contributed by atoms with E-state index in [-0.39, 0.29) is 5.54 Å². The van der Waals surface area contributed by atoms with Gasteiger partial charge in [0, 0.05) is 6.54 Å². The molecular weight excluding hydrogens is 126 g/mol. The highest BCUT2D eigenvalue weighted by Crippen LogP contribution is 2.31. The lowest BCUT2D eigenvalue weighted by Gasteiger charge is -2.27. The Labute approximate surface area is 62.1 Å². The molecule has 0 spiro atoms. The maximum absolute atomic E-state index is 9.39. The Hall–Kier alpha value is -0.340. The van der Waals surface area contributed by atoms with Gasteiger partial charge in [-0.05, 0) is 27.7 Å². The predicted molar refractivity (Wildman–Crippen MR) is 40.9 cm³/mol. The quantitative estimate of drug-likeness (QED) is 0.520. The zero-order chi connectivity index (χ0) is 7.94. The van der Waals surface area contributed by atoms with Gasteiger partial charge in [-0.15, -0.1) is 0 Å². The van der Waals surface area contributed by atoms with E-state index in [2.05, 4.69) is 13.8 Å². The smallest absolute Gasteiger partial charge is 0.0616 e. The molecule has 0 unspecified atom stereocenters. The average molecular weight is 141 g/mol. The van der Waals surface area contributed by atoms with Crippen LogP contribution in [0.3, 0.4) is 0 Å². The molecule has 0 aromatic rings. The molecule has 0 bridgehead atoms. The van der Waals surface area contributed by atoms with E-state index in [1.165, 1.54) is 16.2 Å². The molecule has 2 nitrogen and oxygen atoms in total. The van der Waals surface area contributed by atoms with E-state index in [1.54, 1.807) is 0 Å². The van der Waals surface area contributed by atoms with Gasteiger partial charge in [-0.2, -0.15) is 5.06 Å². The fourth-order valence-electron chi connectivity index (χ4n) is 1.26. The maximum atomic E-state index is 9.39. The lowest BCUT2D eigenvalue weighted by molar-refractivity contribution is -0.130. The molecule has 58 valence electrons. The molecule has 0 aliphatic carbocycles. The van der Waals surface area contributed by atoms with Gasteiger partial charge in [0.05, 0.1) is 5.54 Å². The van der Waals surface area contributed by atoms with Gasteiger partial charge < -0.3 is 5.21 Å².